The van der Waals surface area contributed by atoms with E-state index >= 15 is 0 Å². The van der Waals surface area contributed by atoms with Gasteiger partial charge in [0.05, 0.1) is 44.4 Å². The van der Waals surface area contributed by atoms with Crippen molar-refractivity contribution in [2.45, 2.75) is 5.41 Å². The number of nitrogens with zero attached hydrogens (tertiary/aromatic N) is 3. The van der Waals surface area contributed by atoms with Crippen molar-refractivity contribution in [1.29, 1.82) is 0 Å². The van der Waals surface area contributed by atoms with Crippen LogP contribution in [-0.2, 0) is 5.41 Å². The van der Waals surface area contributed by atoms with Gasteiger partial charge in [-0.25, -0.2) is 4.98 Å². The number of furan rings is 1. The van der Waals surface area contributed by atoms with Gasteiger partial charge in [-0.3, -0.25) is 0 Å². The van der Waals surface area contributed by atoms with Gasteiger partial charge in [-0.05, 0) is 128 Å². The third kappa shape index (κ3) is 5.40. The van der Waals surface area contributed by atoms with Gasteiger partial charge >= 0.3 is 0 Å². The molecule has 12 aromatic carbocycles. The number of rotatable bonds is 4. The number of aromatic nitrogens is 3. The highest BCUT2D eigenvalue weighted by atomic mass is 16.3. The third-order valence-electron chi connectivity index (χ3n) is 17.5. The van der Waals surface area contributed by atoms with Crippen LogP contribution in [-0.4, -0.2) is 14.1 Å². The Balaban J connectivity index is 0.900. The topological polar surface area (TPSA) is 35.9 Å². The van der Waals surface area contributed by atoms with Crippen LogP contribution in [0.25, 0.3) is 143 Å². The predicted molar refractivity (Wildman–Crippen MR) is 322 cm³/mol. The second-order valence-electron chi connectivity index (χ2n) is 21.2. The van der Waals surface area contributed by atoms with Crippen molar-refractivity contribution >= 4 is 87.2 Å². The van der Waals surface area contributed by atoms with Crippen molar-refractivity contribution in [2.75, 3.05) is 0 Å². The molecule has 0 unspecified atom stereocenters. The van der Waals surface area contributed by atoms with Crippen LogP contribution in [0.4, 0.5) is 0 Å². The Labute approximate surface area is 447 Å². The summed E-state index contributed by atoms with van der Waals surface area (Å²) in [5.74, 6) is 0. The molecule has 0 aliphatic heterocycles. The van der Waals surface area contributed by atoms with Crippen molar-refractivity contribution in [3.63, 3.8) is 0 Å². The van der Waals surface area contributed by atoms with Crippen molar-refractivity contribution < 1.29 is 4.42 Å². The van der Waals surface area contributed by atoms with Gasteiger partial charge in [0.15, 0.2) is 5.58 Å². The number of fused-ring (bicyclic) bond motifs is 23. The number of para-hydroxylation sites is 5. The molecule has 360 valence electrons. The van der Waals surface area contributed by atoms with E-state index in [0.717, 1.165) is 77.3 Å². The first-order chi connectivity index (χ1) is 38.7. The van der Waals surface area contributed by atoms with E-state index in [1.54, 1.807) is 0 Å². The van der Waals surface area contributed by atoms with Gasteiger partial charge in [0.2, 0.25) is 0 Å². The molecule has 0 bridgehead atoms. The molecule has 4 heterocycles. The summed E-state index contributed by atoms with van der Waals surface area (Å²) in [5, 5.41) is 10.3. The second kappa shape index (κ2) is 15.4. The molecule has 78 heavy (non-hydrogen) atoms. The van der Waals surface area contributed by atoms with Crippen molar-refractivity contribution in [3.05, 3.63) is 283 Å². The van der Waals surface area contributed by atoms with Gasteiger partial charge in [0.25, 0.3) is 0 Å². The number of pyridine rings is 1. The number of hydrogen-bond acceptors (Lipinski definition) is 2. The summed E-state index contributed by atoms with van der Waals surface area (Å²) in [6.45, 7) is 0. The molecule has 0 amide bonds. The predicted octanol–water partition coefficient (Wildman–Crippen LogP) is 19.2. The maximum absolute atomic E-state index is 7.19. The highest BCUT2D eigenvalue weighted by molar-refractivity contribution is 6.30. The van der Waals surface area contributed by atoms with Gasteiger partial charge in [0.1, 0.15) is 5.58 Å². The van der Waals surface area contributed by atoms with E-state index in [-0.39, 0.29) is 0 Å². The van der Waals surface area contributed by atoms with Crippen LogP contribution < -0.4 is 0 Å². The fourth-order valence-electron chi connectivity index (χ4n) is 14.4. The molecule has 0 saturated carbocycles. The van der Waals surface area contributed by atoms with Gasteiger partial charge in [0, 0.05) is 59.7 Å². The van der Waals surface area contributed by atoms with Gasteiger partial charge in [-0.2, -0.15) is 0 Å². The van der Waals surface area contributed by atoms with Crippen LogP contribution in [0.5, 0.6) is 0 Å². The molecule has 0 radical (unpaired) electrons. The summed E-state index contributed by atoms with van der Waals surface area (Å²) >= 11 is 0. The molecule has 2 aliphatic rings. The van der Waals surface area contributed by atoms with Crippen LogP contribution >= 0.6 is 0 Å². The van der Waals surface area contributed by atoms with Crippen LogP contribution in [0.3, 0.4) is 0 Å². The molecule has 0 atom stereocenters. The summed E-state index contributed by atoms with van der Waals surface area (Å²) in [6.07, 6.45) is 0. The zero-order valence-electron chi connectivity index (χ0n) is 42.1. The Morgan fingerprint density at radius 1 is 0.321 bits per heavy atom. The maximum atomic E-state index is 7.19. The molecule has 2 aliphatic carbocycles. The molecule has 0 N–H and O–H groups in total. The Morgan fingerprint density at radius 3 is 1.49 bits per heavy atom. The van der Waals surface area contributed by atoms with E-state index in [4.69, 9.17) is 9.40 Å². The SMILES string of the molecule is c1ccc(-n2c3ccccc3c3cc(-c4ccc5c(c4)c4ccccc4n5-c4cc5c(-c6ccc7c(c6)C6(c8ccccc8-c8ccccc86)c6ccccc6-7)nc6ccccc6c5c5c4oc4ccccc45)ccc32)cc1. The quantitative estimate of drug-likeness (QED) is 0.165. The summed E-state index contributed by atoms with van der Waals surface area (Å²) in [6, 6.07) is 96.1. The Hall–Kier alpha value is -10.3. The minimum absolute atomic E-state index is 0.490. The first-order valence-corrected chi connectivity index (χ1v) is 26.9. The molecule has 1 spiro atoms. The average Bonchev–Trinajstić information content (AvgIpc) is 4.49. The number of hydrogen-bond donors (Lipinski definition) is 0. The first kappa shape index (κ1) is 42.0. The Bertz CT molecular complexity index is 5220. The van der Waals surface area contributed by atoms with Crippen molar-refractivity contribution in [1.82, 2.24) is 14.1 Å². The summed E-state index contributed by atoms with van der Waals surface area (Å²) in [4.78, 5) is 5.73. The highest BCUT2D eigenvalue weighted by Gasteiger charge is 2.51. The van der Waals surface area contributed by atoms with Crippen molar-refractivity contribution in [2.24, 2.45) is 0 Å². The molecule has 4 aromatic heterocycles. The molecule has 16 aromatic rings. The second-order valence-corrected chi connectivity index (χ2v) is 21.2. The van der Waals surface area contributed by atoms with E-state index in [1.807, 2.05) is 0 Å². The van der Waals surface area contributed by atoms with Crippen LogP contribution in [0.2, 0.25) is 0 Å². The zero-order chi connectivity index (χ0) is 50.8. The summed E-state index contributed by atoms with van der Waals surface area (Å²) < 4.78 is 12.0. The van der Waals surface area contributed by atoms with Crippen LogP contribution in [0.15, 0.2) is 265 Å². The Kier molecular flexibility index (Phi) is 8.30. The zero-order valence-corrected chi connectivity index (χ0v) is 42.1. The normalized spacial score (nSPS) is 13.2. The van der Waals surface area contributed by atoms with Crippen LogP contribution in [0.1, 0.15) is 22.3 Å². The molecular formula is C74H43N3O. The van der Waals surface area contributed by atoms with E-state index in [9.17, 15) is 0 Å². The van der Waals surface area contributed by atoms with Gasteiger partial charge in [-0.15, -0.1) is 0 Å². The van der Waals surface area contributed by atoms with Gasteiger partial charge in [-0.1, -0.05) is 188 Å². The lowest BCUT2D eigenvalue weighted by molar-refractivity contribution is 0.666. The standard InChI is InChI=1S/C74H43N3O/c1-2-18-47(19-3-1)76-64-31-15-8-23-52(64)56-40-44(35-38-66(56)76)45-36-39-67-57(41-45)53-24-9-16-32-65(53)77(67)68-43-58-70(71-55-26-10-17-33-69(55)78-73(68)71)54-25-7-14-30-63(54)75-72(58)46-34-37-51-50-22-6-13-29-61(50)74(62(51)42-46)59-27-11-4-20-48(59)49-21-5-12-28-60(49)74/h1-43H. The fourth-order valence-corrected chi connectivity index (χ4v) is 14.4. The van der Waals surface area contributed by atoms with E-state index in [2.05, 4.69) is 270 Å². The highest BCUT2D eigenvalue weighted by Crippen LogP contribution is 2.63. The molecule has 18 rings (SSSR count). The maximum Gasteiger partial charge on any atom is 0.160 e. The molecular weight excluding hydrogens is 947 g/mol. The lowest BCUT2D eigenvalue weighted by Gasteiger charge is -2.30. The van der Waals surface area contributed by atoms with Gasteiger partial charge < -0.3 is 13.6 Å². The minimum Gasteiger partial charge on any atom is -0.454 e. The molecule has 0 fully saturated rings. The van der Waals surface area contributed by atoms with Crippen LogP contribution in [0, 0.1) is 0 Å². The Morgan fingerprint density at radius 2 is 0.821 bits per heavy atom. The third-order valence-corrected chi connectivity index (χ3v) is 17.5. The molecule has 0 saturated heterocycles. The molecule has 4 nitrogen and oxygen atoms in total. The lowest BCUT2D eigenvalue weighted by Crippen LogP contribution is -2.25. The lowest BCUT2D eigenvalue weighted by atomic mass is 9.70. The largest absolute Gasteiger partial charge is 0.454 e. The van der Waals surface area contributed by atoms with Crippen molar-refractivity contribution in [3.8, 4) is 56.0 Å². The first-order valence-electron chi connectivity index (χ1n) is 26.9. The van der Waals surface area contributed by atoms with E-state index in [0.29, 0.717) is 0 Å². The van der Waals surface area contributed by atoms with E-state index in [1.165, 1.54) is 88.2 Å². The molecule has 4 heteroatoms. The van der Waals surface area contributed by atoms with E-state index < -0.39 is 5.41 Å². The summed E-state index contributed by atoms with van der Waals surface area (Å²) in [7, 11) is 0. The smallest absolute Gasteiger partial charge is 0.160 e. The fraction of sp³-hybridized carbons (Fsp3) is 0.0135. The monoisotopic (exact) mass is 989 g/mol. The number of benzene rings is 12. The minimum atomic E-state index is -0.490. The average molecular weight is 990 g/mol. The summed E-state index contributed by atoms with van der Waals surface area (Å²) in [5.41, 5.74) is 23.6.